The largest absolute Gasteiger partial charge is 1.00 e. The first-order valence-electron chi connectivity index (χ1n) is 6.28. The molecule has 0 spiro atoms. The summed E-state index contributed by atoms with van der Waals surface area (Å²) in [5, 5.41) is 9.05. The van der Waals surface area contributed by atoms with Gasteiger partial charge in [-0.1, -0.05) is 0 Å². The molecule has 0 fully saturated rings. The SMILES string of the molecule is Cc1ncc(C[n+]2cccc(CCO)c2C)c(N)n1.Cl.[Br-]. The first-order chi connectivity index (χ1) is 9.11. The molecule has 0 bridgehead atoms. The predicted octanol–water partition coefficient (Wildman–Crippen LogP) is -2.03. The van der Waals surface area contributed by atoms with Gasteiger partial charge in [0.05, 0.1) is 5.56 Å². The zero-order chi connectivity index (χ0) is 13.8. The van der Waals surface area contributed by atoms with Gasteiger partial charge in [-0.25, -0.2) is 9.97 Å². The van der Waals surface area contributed by atoms with Crippen LogP contribution < -0.4 is 27.3 Å². The van der Waals surface area contributed by atoms with Crippen molar-refractivity contribution in [2.75, 3.05) is 12.3 Å². The number of anilines is 1. The van der Waals surface area contributed by atoms with Gasteiger partial charge in [0.25, 0.3) is 0 Å². The third-order valence-corrected chi connectivity index (χ3v) is 3.20. The van der Waals surface area contributed by atoms with Crippen LogP contribution in [0.25, 0.3) is 0 Å². The maximum Gasteiger partial charge on any atom is 0.181 e. The zero-order valence-electron chi connectivity index (χ0n) is 12.1. The standard InChI is InChI=1S/C14H19N4O.BrH.ClH/c1-10-12(5-7-19)4-3-6-18(10)9-13-8-16-11(2)17-14(13)15;;/h3-4,6,8,19H,5,7,9H2,1-2H3,(H2,15,16,17);2*1H/q+1;;/p-1. The van der Waals surface area contributed by atoms with Gasteiger partial charge in [0, 0.05) is 37.8 Å². The number of hydrogen-bond donors (Lipinski definition) is 2. The van der Waals surface area contributed by atoms with Crippen LogP contribution in [0, 0.1) is 13.8 Å². The number of hydrogen-bond acceptors (Lipinski definition) is 4. The van der Waals surface area contributed by atoms with E-state index in [4.69, 9.17) is 10.8 Å². The lowest BCUT2D eigenvalue weighted by atomic mass is 10.1. The van der Waals surface area contributed by atoms with Gasteiger partial charge in [-0.3, -0.25) is 0 Å². The van der Waals surface area contributed by atoms with Crippen molar-refractivity contribution in [2.45, 2.75) is 26.8 Å². The van der Waals surface area contributed by atoms with Crippen LogP contribution in [0.15, 0.2) is 24.5 Å². The van der Waals surface area contributed by atoms with Crippen molar-refractivity contribution in [3.8, 4) is 0 Å². The summed E-state index contributed by atoms with van der Waals surface area (Å²) in [5.41, 5.74) is 9.07. The molecule has 2 aromatic heterocycles. The topological polar surface area (TPSA) is 75.9 Å². The van der Waals surface area contributed by atoms with Gasteiger partial charge in [0.2, 0.25) is 0 Å². The van der Waals surface area contributed by atoms with E-state index in [0.29, 0.717) is 24.6 Å². The molecule has 5 nitrogen and oxygen atoms in total. The van der Waals surface area contributed by atoms with Gasteiger partial charge in [0.15, 0.2) is 18.4 Å². The molecule has 0 aliphatic heterocycles. The van der Waals surface area contributed by atoms with Crippen LogP contribution in [0.1, 0.15) is 22.6 Å². The molecule has 3 N–H and O–H groups in total. The van der Waals surface area contributed by atoms with Crippen LogP contribution in [0.4, 0.5) is 5.82 Å². The Hall–Kier alpha value is -1.24. The fraction of sp³-hybridized carbons (Fsp3) is 0.357. The van der Waals surface area contributed by atoms with E-state index in [1.54, 1.807) is 6.20 Å². The van der Waals surface area contributed by atoms with Crippen LogP contribution in [0.3, 0.4) is 0 Å². The molecular formula is C14H20BrClN4O. The summed E-state index contributed by atoms with van der Waals surface area (Å²) in [6, 6.07) is 4.00. The summed E-state index contributed by atoms with van der Waals surface area (Å²) in [6.07, 6.45) is 4.42. The Labute approximate surface area is 141 Å². The summed E-state index contributed by atoms with van der Waals surface area (Å²) in [6.45, 7) is 4.65. The summed E-state index contributed by atoms with van der Waals surface area (Å²) in [7, 11) is 0. The van der Waals surface area contributed by atoms with Crippen molar-refractivity contribution in [1.82, 2.24) is 9.97 Å². The molecule has 2 heterocycles. The Morgan fingerprint density at radius 2 is 2.00 bits per heavy atom. The van der Waals surface area contributed by atoms with Crippen LogP contribution in [-0.4, -0.2) is 21.7 Å². The lowest BCUT2D eigenvalue weighted by Gasteiger charge is -2.06. The number of nitrogens with two attached hydrogens (primary N) is 1. The lowest BCUT2D eigenvalue weighted by Crippen LogP contribution is -3.00. The Morgan fingerprint density at radius 3 is 2.62 bits per heavy atom. The highest BCUT2D eigenvalue weighted by Crippen LogP contribution is 2.08. The van der Waals surface area contributed by atoms with Crippen LogP contribution in [0.5, 0.6) is 0 Å². The molecule has 0 atom stereocenters. The number of rotatable bonds is 4. The van der Waals surface area contributed by atoms with Gasteiger partial charge in [-0.2, -0.15) is 4.57 Å². The Bertz CT molecular complexity index is 595. The smallest absolute Gasteiger partial charge is 0.181 e. The maximum atomic E-state index is 9.05. The molecular weight excluding hydrogens is 356 g/mol. The molecule has 21 heavy (non-hydrogen) atoms. The van der Waals surface area contributed by atoms with Crippen LogP contribution >= 0.6 is 12.4 Å². The highest BCUT2D eigenvalue weighted by atomic mass is 79.9. The average Bonchev–Trinajstić information content (AvgIpc) is 2.37. The quantitative estimate of drug-likeness (QED) is 0.605. The fourth-order valence-corrected chi connectivity index (χ4v) is 2.05. The Balaban J connectivity index is 0.00000200. The van der Waals surface area contributed by atoms with Gasteiger partial charge >= 0.3 is 0 Å². The number of nitrogens with zero attached hydrogens (tertiary/aromatic N) is 3. The zero-order valence-corrected chi connectivity index (χ0v) is 14.5. The summed E-state index contributed by atoms with van der Waals surface area (Å²) >= 11 is 0. The molecule has 0 saturated carbocycles. The van der Waals surface area contributed by atoms with Crippen molar-refractivity contribution in [2.24, 2.45) is 0 Å². The third-order valence-electron chi connectivity index (χ3n) is 3.20. The predicted molar refractivity (Wildman–Crippen MR) is 79.7 cm³/mol. The minimum absolute atomic E-state index is 0. The van der Waals surface area contributed by atoms with Gasteiger partial charge < -0.3 is 27.8 Å². The minimum atomic E-state index is 0. The van der Waals surface area contributed by atoms with Crippen molar-refractivity contribution >= 4 is 18.2 Å². The van der Waals surface area contributed by atoms with E-state index in [1.165, 1.54) is 0 Å². The number of halogens is 2. The monoisotopic (exact) mass is 374 g/mol. The van der Waals surface area contributed by atoms with Gasteiger partial charge in [-0.05, 0) is 13.0 Å². The summed E-state index contributed by atoms with van der Waals surface area (Å²) in [4.78, 5) is 8.35. The van der Waals surface area contributed by atoms with E-state index in [2.05, 4.69) is 14.5 Å². The number of aromatic nitrogens is 3. The average molecular weight is 376 g/mol. The lowest BCUT2D eigenvalue weighted by molar-refractivity contribution is -0.694. The van der Waals surface area contributed by atoms with Crippen molar-refractivity contribution in [1.29, 1.82) is 0 Å². The van der Waals surface area contributed by atoms with Crippen LogP contribution in [0.2, 0.25) is 0 Å². The number of pyridine rings is 1. The van der Waals surface area contributed by atoms with Gasteiger partial charge in [-0.15, -0.1) is 12.4 Å². The van der Waals surface area contributed by atoms with E-state index < -0.39 is 0 Å². The van der Waals surface area contributed by atoms with E-state index in [1.807, 2.05) is 32.2 Å². The molecule has 0 saturated heterocycles. The second-order valence-corrected chi connectivity index (χ2v) is 4.55. The summed E-state index contributed by atoms with van der Waals surface area (Å²) in [5.74, 6) is 1.20. The number of aryl methyl sites for hydroxylation is 1. The van der Waals surface area contributed by atoms with E-state index in [-0.39, 0.29) is 36.0 Å². The first kappa shape index (κ1) is 19.8. The fourth-order valence-electron chi connectivity index (χ4n) is 2.05. The molecule has 0 radical (unpaired) electrons. The molecule has 2 aromatic rings. The summed E-state index contributed by atoms with van der Waals surface area (Å²) < 4.78 is 2.09. The Kier molecular flexibility index (Phi) is 8.39. The van der Waals surface area contributed by atoms with Crippen LogP contribution in [-0.2, 0) is 13.0 Å². The number of aliphatic hydroxyl groups excluding tert-OH is 1. The second kappa shape index (κ2) is 8.92. The minimum Gasteiger partial charge on any atom is -1.00 e. The highest BCUT2D eigenvalue weighted by molar-refractivity contribution is 5.85. The van der Waals surface area contributed by atoms with E-state index in [9.17, 15) is 0 Å². The molecule has 7 heteroatoms. The Morgan fingerprint density at radius 1 is 1.29 bits per heavy atom. The molecule has 116 valence electrons. The first-order valence-corrected chi connectivity index (χ1v) is 6.28. The molecule has 0 aliphatic rings. The van der Waals surface area contributed by atoms with Crippen molar-refractivity contribution in [3.05, 3.63) is 47.2 Å². The molecule has 2 rings (SSSR count). The molecule has 0 aliphatic carbocycles. The maximum absolute atomic E-state index is 9.05. The second-order valence-electron chi connectivity index (χ2n) is 4.55. The van der Waals surface area contributed by atoms with Crippen molar-refractivity contribution < 1.29 is 26.7 Å². The molecule has 0 amide bonds. The number of aliphatic hydroxyl groups is 1. The third kappa shape index (κ3) is 4.91. The van der Waals surface area contributed by atoms with Crippen molar-refractivity contribution in [3.63, 3.8) is 0 Å². The highest BCUT2D eigenvalue weighted by Gasteiger charge is 2.14. The normalized spacial score (nSPS) is 9.67. The van der Waals surface area contributed by atoms with E-state index in [0.717, 1.165) is 16.8 Å². The van der Waals surface area contributed by atoms with Gasteiger partial charge in [0.1, 0.15) is 11.6 Å². The molecule has 0 unspecified atom stereocenters. The van der Waals surface area contributed by atoms with E-state index >= 15 is 0 Å². The molecule has 0 aromatic carbocycles. The number of nitrogen functional groups attached to an aromatic ring is 1.